The fraction of sp³-hybridized carbons (Fsp3) is 0.400. The minimum Gasteiger partial charge on any atom is -0.103 e. The molecule has 81 valence electrons. The molecule has 0 bridgehead atoms. The molecule has 0 amide bonds. The highest BCUT2D eigenvalue weighted by molar-refractivity contribution is 5.24. The highest BCUT2D eigenvalue weighted by Crippen LogP contribution is 2.10. The van der Waals surface area contributed by atoms with Crippen LogP contribution in [0.2, 0.25) is 0 Å². The Bertz CT molecular complexity index is 269. The first kappa shape index (κ1) is 12.0. The molecule has 0 saturated carbocycles. The van der Waals surface area contributed by atoms with Gasteiger partial charge in [0.15, 0.2) is 0 Å². The van der Waals surface area contributed by atoms with Crippen LogP contribution in [0.1, 0.15) is 43.2 Å². The van der Waals surface area contributed by atoms with Crippen LogP contribution in [0.4, 0.5) is 0 Å². The lowest BCUT2D eigenvalue weighted by atomic mass is 10.0. The largest absolute Gasteiger partial charge is 0.103 e. The number of unbranched alkanes of at least 4 members (excludes halogenated alkanes) is 4. The van der Waals surface area contributed by atoms with Gasteiger partial charge in [-0.05, 0) is 43.7 Å². The Hall–Kier alpha value is -1.04. The van der Waals surface area contributed by atoms with E-state index in [1.165, 1.54) is 37.7 Å². The molecule has 1 aromatic rings. The van der Waals surface area contributed by atoms with E-state index in [-0.39, 0.29) is 0 Å². The van der Waals surface area contributed by atoms with Gasteiger partial charge in [0, 0.05) is 0 Å². The molecule has 1 rings (SSSR count). The third kappa shape index (κ3) is 5.41. The molecule has 0 spiro atoms. The van der Waals surface area contributed by atoms with Gasteiger partial charge < -0.3 is 0 Å². The van der Waals surface area contributed by atoms with Gasteiger partial charge in [-0.15, -0.1) is 6.58 Å². The number of rotatable bonds is 7. The zero-order valence-electron chi connectivity index (χ0n) is 9.54. The third-order valence-electron chi connectivity index (χ3n) is 2.65. The van der Waals surface area contributed by atoms with Gasteiger partial charge in [0.2, 0.25) is 0 Å². The molecule has 0 aliphatic rings. The second-order valence-corrected chi connectivity index (χ2v) is 4.06. The predicted molar refractivity (Wildman–Crippen MR) is 67.9 cm³/mol. The van der Waals surface area contributed by atoms with Gasteiger partial charge in [0.25, 0.3) is 0 Å². The smallest absolute Gasteiger partial charge is 0.0238 e. The van der Waals surface area contributed by atoms with Crippen molar-refractivity contribution in [2.45, 2.75) is 38.5 Å². The number of hydrogen-bond donors (Lipinski definition) is 0. The molecular formula is C15H21. The van der Waals surface area contributed by atoms with Crippen LogP contribution in [0, 0.1) is 6.92 Å². The summed E-state index contributed by atoms with van der Waals surface area (Å²) in [5.74, 6) is 0. The Morgan fingerprint density at radius 2 is 1.60 bits per heavy atom. The van der Waals surface area contributed by atoms with Crippen LogP contribution in [0.15, 0.2) is 36.9 Å². The normalized spacial score (nSPS) is 10.2. The Morgan fingerprint density at radius 3 is 2.27 bits per heavy atom. The first-order chi connectivity index (χ1) is 7.33. The van der Waals surface area contributed by atoms with E-state index in [0.29, 0.717) is 0 Å². The first-order valence-corrected chi connectivity index (χ1v) is 5.84. The minimum atomic E-state index is 1.10. The number of hydrogen-bond acceptors (Lipinski definition) is 0. The standard InChI is InChI=1S/C15H21/c1-3-4-5-6-7-8-9-15-12-10-14(2)11-13-15/h3,10-13H,1-2,4-9H2. The molecule has 0 heterocycles. The maximum Gasteiger partial charge on any atom is -0.0238 e. The van der Waals surface area contributed by atoms with E-state index in [1.807, 2.05) is 6.08 Å². The molecule has 0 unspecified atom stereocenters. The fourth-order valence-electron chi connectivity index (χ4n) is 1.68. The zero-order chi connectivity index (χ0) is 10.9. The lowest BCUT2D eigenvalue weighted by Gasteiger charge is -2.02. The van der Waals surface area contributed by atoms with Crippen LogP contribution >= 0.6 is 0 Å². The summed E-state index contributed by atoms with van der Waals surface area (Å²) in [6.45, 7) is 7.61. The van der Waals surface area contributed by atoms with E-state index in [4.69, 9.17) is 0 Å². The van der Waals surface area contributed by atoms with Crippen LogP contribution in [0.5, 0.6) is 0 Å². The second kappa shape index (κ2) is 7.28. The van der Waals surface area contributed by atoms with E-state index in [0.717, 1.165) is 12.0 Å². The van der Waals surface area contributed by atoms with Crippen molar-refractivity contribution < 1.29 is 0 Å². The van der Waals surface area contributed by atoms with Gasteiger partial charge in [-0.3, -0.25) is 0 Å². The van der Waals surface area contributed by atoms with Crippen molar-refractivity contribution in [3.8, 4) is 0 Å². The first-order valence-electron chi connectivity index (χ1n) is 5.84. The third-order valence-corrected chi connectivity index (χ3v) is 2.65. The SMILES string of the molecule is [CH2]c1ccc(CCCCCCC=C)cc1. The van der Waals surface area contributed by atoms with E-state index in [1.54, 1.807) is 0 Å². The van der Waals surface area contributed by atoms with Crippen molar-refractivity contribution in [1.82, 2.24) is 0 Å². The molecule has 0 aliphatic heterocycles. The number of aryl methyl sites for hydroxylation is 1. The van der Waals surface area contributed by atoms with Gasteiger partial charge >= 0.3 is 0 Å². The Balaban J connectivity index is 2.09. The van der Waals surface area contributed by atoms with Crippen LogP contribution < -0.4 is 0 Å². The Labute approximate surface area is 94.0 Å². The monoisotopic (exact) mass is 201 g/mol. The fourth-order valence-corrected chi connectivity index (χ4v) is 1.68. The van der Waals surface area contributed by atoms with Crippen LogP contribution in [0.25, 0.3) is 0 Å². The van der Waals surface area contributed by atoms with E-state index < -0.39 is 0 Å². The van der Waals surface area contributed by atoms with Gasteiger partial charge in [0.1, 0.15) is 0 Å². The van der Waals surface area contributed by atoms with Crippen molar-refractivity contribution in [3.05, 3.63) is 55.0 Å². The van der Waals surface area contributed by atoms with Crippen LogP contribution in [-0.2, 0) is 6.42 Å². The van der Waals surface area contributed by atoms with Crippen molar-refractivity contribution in [1.29, 1.82) is 0 Å². The predicted octanol–water partition coefficient (Wildman–Crippen LogP) is 4.55. The second-order valence-electron chi connectivity index (χ2n) is 4.06. The summed E-state index contributed by atoms with van der Waals surface area (Å²) in [5, 5.41) is 0. The van der Waals surface area contributed by atoms with Crippen LogP contribution in [-0.4, -0.2) is 0 Å². The van der Waals surface area contributed by atoms with Crippen molar-refractivity contribution in [3.63, 3.8) is 0 Å². The maximum atomic E-state index is 3.88. The summed E-state index contributed by atoms with van der Waals surface area (Å²) >= 11 is 0. The van der Waals surface area contributed by atoms with Gasteiger partial charge in [-0.1, -0.05) is 43.2 Å². The van der Waals surface area contributed by atoms with Gasteiger partial charge in [-0.2, -0.15) is 0 Å². The van der Waals surface area contributed by atoms with E-state index >= 15 is 0 Å². The number of benzene rings is 1. The Kier molecular flexibility index (Phi) is 5.84. The number of allylic oxidation sites excluding steroid dienone is 1. The molecule has 0 N–H and O–H groups in total. The topological polar surface area (TPSA) is 0 Å². The quantitative estimate of drug-likeness (QED) is 0.448. The molecule has 0 nitrogen and oxygen atoms in total. The summed E-state index contributed by atoms with van der Waals surface area (Å²) < 4.78 is 0. The molecule has 0 fully saturated rings. The maximum absolute atomic E-state index is 3.88. The molecule has 0 heteroatoms. The van der Waals surface area contributed by atoms with Gasteiger partial charge in [0.05, 0.1) is 0 Å². The van der Waals surface area contributed by atoms with E-state index in [9.17, 15) is 0 Å². The highest BCUT2D eigenvalue weighted by atomic mass is 14.0. The summed E-state index contributed by atoms with van der Waals surface area (Å²) in [6.07, 6.45) is 9.63. The average molecular weight is 201 g/mol. The summed E-state index contributed by atoms with van der Waals surface area (Å²) in [5.41, 5.74) is 2.54. The molecule has 0 aliphatic carbocycles. The van der Waals surface area contributed by atoms with Crippen molar-refractivity contribution >= 4 is 0 Å². The summed E-state index contributed by atoms with van der Waals surface area (Å²) in [4.78, 5) is 0. The highest BCUT2D eigenvalue weighted by Gasteiger charge is 1.93. The molecule has 1 radical (unpaired) electrons. The summed E-state index contributed by atoms with van der Waals surface area (Å²) in [7, 11) is 0. The molecule has 1 aromatic carbocycles. The molecule has 15 heavy (non-hydrogen) atoms. The average Bonchev–Trinajstić information content (AvgIpc) is 2.26. The van der Waals surface area contributed by atoms with Crippen LogP contribution in [0.3, 0.4) is 0 Å². The zero-order valence-corrected chi connectivity index (χ0v) is 9.54. The Morgan fingerprint density at radius 1 is 0.933 bits per heavy atom. The molecular weight excluding hydrogens is 180 g/mol. The molecule has 0 saturated heterocycles. The molecule has 0 atom stereocenters. The van der Waals surface area contributed by atoms with Crippen molar-refractivity contribution in [2.24, 2.45) is 0 Å². The van der Waals surface area contributed by atoms with Crippen molar-refractivity contribution in [2.75, 3.05) is 0 Å². The summed E-state index contributed by atoms with van der Waals surface area (Å²) in [6, 6.07) is 8.55. The lowest BCUT2D eigenvalue weighted by molar-refractivity contribution is 0.646. The molecule has 0 aromatic heterocycles. The van der Waals surface area contributed by atoms with Gasteiger partial charge in [-0.25, -0.2) is 0 Å². The lowest BCUT2D eigenvalue weighted by Crippen LogP contribution is -1.86. The van der Waals surface area contributed by atoms with E-state index in [2.05, 4.69) is 37.8 Å². The minimum absolute atomic E-state index is 1.10.